The van der Waals surface area contributed by atoms with Crippen molar-refractivity contribution in [2.75, 3.05) is 0 Å². The molecule has 0 saturated heterocycles. The van der Waals surface area contributed by atoms with Gasteiger partial charge in [0.15, 0.2) is 10.7 Å². The van der Waals surface area contributed by atoms with Crippen molar-refractivity contribution in [3.05, 3.63) is 23.8 Å². The molecule has 2 aromatic rings. The van der Waals surface area contributed by atoms with Crippen LogP contribution >= 0.6 is 11.3 Å². The van der Waals surface area contributed by atoms with Crippen molar-refractivity contribution in [3.8, 4) is 0 Å². The van der Waals surface area contributed by atoms with E-state index in [1.807, 2.05) is 25.1 Å². The Morgan fingerprint density at radius 2 is 2.15 bits per heavy atom. The van der Waals surface area contributed by atoms with Crippen LogP contribution in [0.4, 0.5) is 0 Å². The van der Waals surface area contributed by atoms with Gasteiger partial charge >= 0.3 is 0 Å². The topological polar surface area (TPSA) is 47.0 Å². The van der Waals surface area contributed by atoms with E-state index >= 15 is 0 Å². The number of thiol groups is 1. The number of fused-ring (bicyclic) bond motifs is 1. The van der Waals surface area contributed by atoms with Crippen LogP contribution in [0.1, 0.15) is 5.56 Å². The lowest BCUT2D eigenvalue weighted by molar-refractivity contribution is 0.614. The molecule has 0 aliphatic rings. The summed E-state index contributed by atoms with van der Waals surface area (Å²) in [5.41, 5.74) is 1.85. The van der Waals surface area contributed by atoms with E-state index in [2.05, 4.69) is 4.98 Å². The molecular weight excluding hydrogens is 206 g/mol. The molecule has 0 atom stereocenters. The van der Waals surface area contributed by atoms with Crippen LogP contribution in [0.5, 0.6) is 0 Å². The normalized spacial score (nSPS) is 11.2. The predicted octanol–water partition coefficient (Wildman–Crippen LogP) is 1.58. The Hall–Kier alpha value is -0.940. The summed E-state index contributed by atoms with van der Waals surface area (Å²) >= 11 is 1.21. The van der Waals surface area contributed by atoms with Crippen molar-refractivity contribution in [2.24, 2.45) is 0 Å². The van der Waals surface area contributed by atoms with Crippen molar-refractivity contribution in [3.63, 3.8) is 0 Å². The van der Waals surface area contributed by atoms with Gasteiger partial charge in [-0.15, -0.1) is 11.3 Å². The van der Waals surface area contributed by atoms with E-state index in [0.717, 1.165) is 15.8 Å². The van der Waals surface area contributed by atoms with Crippen LogP contribution in [0.3, 0.4) is 0 Å². The van der Waals surface area contributed by atoms with Crippen LogP contribution in [0.2, 0.25) is 0 Å². The molecule has 0 saturated carbocycles. The van der Waals surface area contributed by atoms with Crippen molar-refractivity contribution in [1.29, 1.82) is 0 Å². The average molecular weight is 213 g/mol. The van der Waals surface area contributed by atoms with Gasteiger partial charge in [-0.2, -0.15) is 0 Å². The van der Waals surface area contributed by atoms with Gasteiger partial charge in [0.2, 0.25) is 4.34 Å². The first-order valence-corrected chi connectivity index (χ1v) is 5.68. The van der Waals surface area contributed by atoms with Crippen LogP contribution in [0, 0.1) is 6.92 Å². The fourth-order valence-electron chi connectivity index (χ4n) is 1.10. The van der Waals surface area contributed by atoms with Gasteiger partial charge in [-0.3, -0.25) is 0 Å². The third-order valence-electron chi connectivity index (χ3n) is 1.69. The minimum Gasteiger partial charge on any atom is -0.225 e. The molecule has 1 heterocycles. The number of thiazole rings is 1. The van der Waals surface area contributed by atoms with Gasteiger partial charge in [0.05, 0.1) is 10.2 Å². The van der Waals surface area contributed by atoms with Gasteiger partial charge < -0.3 is 0 Å². The first-order valence-electron chi connectivity index (χ1n) is 3.68. The van der Waals surface area contributed by atoms with Crippen LogP contribution in [0.25, 0.3) is 10.2 Å². The first-order chi connectivity index (χ1) is 6.16. The van der Waals surface area contributed by atoms with Gasteiger partial charge in [-0.1, -0.05) is 6.07 Å². The molecule has 0 amide bonds. The van der Waals surface area contributed by atoms with Crippen LogP contribution in [0.15, 0.2) is 22.5 Å². The summed E-state index contributed by atoms with van der Waals surface area (Å²) in [6.07, 6.45) is 0. The smallest absolute Gasteiger partial charge is 0.207 e. The number of hydrogen-bond acceptors (Lipinski definition) is 4. The van der Waals surface area contributed by atoms with Crippen molar-refractivity contribution >= 4 is 32.3 Å². The van der Waals surface area contributed by atoms with E-state index in [0.29, 0.717) is 0 Å². The maximum Gasteiger partial charge on any atom is 0.207 e. The molecule has 0 N–H and O–H groups in total. The van der Waals surface area contributed by atoms with Gasteiger partial charge in [0.25, 0.3) is 0 Å². The van der Waals surface area contributed by atoms with Crippen LogP contribution in [-0.2, 0) is 10.7 Å². The van der Waals surface area contributed by atoms with Crippen molar-refractivity contribution < 1.29 is 8.42 Å². The van der Waals surface area contributed by atoms with Gasteiger partial charge in [-0.05, 0) is 24.6 Å². The van der Waals surface area contributed by atoms with Gasteiger partial charge in [0, 0.05) is 0 Å². The van der Waals surface area contributed by atoms with Crippen LogP contribution in [-0.4, -0.2) is 13.4 Å². The zero-order chi connectivity index (χ0) is 9.42. The molecule has 1 aromatic carbocycles. The van der Waals surface area contributed by atoms with E-state index in [4.69, 9.17) is 0 Å². The molecule has 5 heteroatoms. The minimum atomic E-state index is -2.54. The monoisotopic (exact) mass is 213 g/mol. The number of hydrogen-bond donors (Lipinski definition) is 1. The molecule has 0 radical (unpaired) electrons. The van der Waals surface area contributed by atoms with E-state index in [-0.39, 0.29) is 4.34 Å². The Labute approximate surface area is 81.0 Å². The number of rotatable bonds is 1. The molecule has 0 unspecified atom stereocenters. The zero-order valence-electron chi connectivity index (χ0n) is 6.85. The van der Waals surface area contributed by atoms with E-state index in [9.17, 15) is 8.42 Å². The highest BCUT2D eigenvalue weighted by Gasteiger charge is 2.04. The molecule has 0 fully saturated rings. The highest BCUT2D eigenvalue weighted by molar-refractivity contribution is 7.75. The Bertz CT molecular complexity index is 520. The summed E-state index contributed by atoms with van der Waals surface area (Å²) in [6.45, 7) is 1.95. The maximum atomic E-state index is 10.6. The second-order valence-electron chi connectivity index (χ2n) is 2.72. The second kappa shape index (κ2) is 3.08. The number of benzene rings is 1. The molecule has 13 heavy (non-hydrogen) atoms. The molecule has 1 aromatic heterocycles. The largest absolute Gasteiger partial charge is 0.225 e. The number of aromatic nitrogens is 1. The van der Waals surface area contributed by atoms with E-state index in [1.54, 1.807) is 0 Å². The number of nitrogens with zero attached hydrogens (tertiary/aromatic N) is 1. The summed E-state index contributed by atoms with van der Waals surface area (Å²) < 4.78 is 22.4. The second-order valence-corrected chi connectivity index (χ2v) is 5.00. The Morgan fingerprint density at radius 1 is 1.38 bits per heavy atom. The SMILES string of the molecule is Cc1ccc2sc([SH](=O)=O)nc2c1. The summed E-state index contributed by atoms with van der Waals surface area (Å²) in [7, 11) is -2.54. The summed E-state index contributed by atoms with van der Waals surface area (Å²) in [5, 5.41) is 0. The molecule has 0 aliphatic heterocycles. The van der Waals surface area contributed by atoms with Gasteiger partial charge in [0.1, 0.15) is 0 Å². The lowest BCUT2D eigenvalue weighted by Gasteiger charge is -1.88. The highest BCUT2D eigenvalue weighted by atomic mass is 32.2. The fraction of sp³-hybridized carbons (Fsp3) is 0.125. The van der Waals surface area contributed by atoms with E-state index in [1.165, 1.54) is 11.3 Å². The fourth-order valence-corrected chi connectivity index (χ4v) is 2.57. The van der Waals surface area contributed by atoms with Crippen LogP contribution < -0.4 is 0 Å². The molecule has 0 aliphatic carbocycles. The molecule has 0 spiro atoms. The Kier molecular flexibility index (Phi) is 2.05. The zero-order valence-corrected chi connectivity index (χ0v) is 8.56. The quantitative estimate of drug-likeness (QED) is 0.731. The minimum absolute atomic E-state index is 0.190. The summed E-state index contributed by atoms with van der Waals surface area (Å²) in [6, 6.07) is 5.72. The third kappa shape index (κ3) is 1.57. The lowest BCUT2D eigenvalue weighted by atomic mass is 10.2. The first kappa shape index (κ1) is 8.65. The average Bonchev–Trinajstić information content (AvgIpc) is 2.46. The lowest BCUT2D eigenvalue weighted by Crippen LogP contribution is -1.76. The van der Waals surface area contributed by atoms with E-state index < -0.39 is 10.7 Å². The Morgan fingerprint density at radius 3 is 2.85 bits per heavy atom. The number of aryl methyl sites for hydroxylation is 1. The van der Waals surface area contributed by atoms with Gasteiger partial charge in [-0.25, -0.2) is 13.4 Å². The molecular formula is C8H7NO2S2. The maximum absolute atomic E-state index is 10.6. The molecule has 0 bridgehead atoms. The summed E-state index contributed by atoms with van der Waals surface area (Å²) in [4.78, 5) is 4.00. The third-order valence-corrected chi connectivity index (χ3v) is 3.66. The predicted molar refractivity (Wildman–Crippen MR) is 52.9 cm³/mol. The highest BCUT2D eigenvalue weighted by Crippen LogP contribution is 2.23. The molecule has 68 valence electrons. The molecule has 2 rings (SSSR count). The Balaban J connectivity index is 2.75. The van der Waals surface area contributed by atoms with Crippen molar-refractivity contribution in [2.45, 2.75) is 11.3 Å². The standard InChI is InChI=1S/C8H7NO2S2/c1-5-2-3-7-6(4-5)9-8(12-7)13(10)11/h2-4,13H,1H3. The summed E-state index contributed by atoms with van der Waals surface area (Å²) in [5.74, 6) is 0. The molecule has 3 nitrogen and oxygen atoms in total. The van der Waals surface area contributed by atoms with Crippen molar-refractivity contribution in [1.82, 2.24) is 4.98 Å².